The van der Waals surface area contributed by atoms with Gasteiger partial charge in [0.25, 0.3) is 5.69 Å². The molecule has 0 amide bonds. The first-order valence-corrected chi connectivity index (χ1v) is 8.06. The Morgan fingerprint density at radius 2 is 1.67 bits per heavy atom. The summed E-state index contributed by atoms with van der Waals surface area (Å²) < 4.78 is 13.5. The lowest BCUT2D eigenvalue weighted by Crippen LogP contribution is -2.44. The summed E-state index contributed by atoms with van der Waals surface area (Å²) in [6.07, 6.45) is 0. The van der Waals surface area contributed by atoms with Gasteiger partial charge in [-0.15, -0.1) is 0 Å². The van der Waals surface area contributed by atoms with Crippen LogP contribution in [0.3, 0.4) is 0 Å². The molecule has 0 radical (unpaired) electrons. The number of hydrogen-bond donors (Lipinski definition) is 2. The second-order valence-corrected chi connectivity index (χ2v) is 6.45. The van der Waals surface area contributed by atoms with Crippen LogP contribution >= 0.6 is 0 Å². The van der Waals surface area contributed by atoms with Crippen LogP contribution in [0.4, 0.5) is 10.1 Å². The van der Waals surface area contributed by atoms with Crippen molar-refractivity contribution in [1.82, 2.24) is 0 Å². The fraction of sp³-hybridized carbons (Fsp3) is 0.263. The Labute approximate surface area is 154 Å². The minimum Gasteiger partial charge on any atom is -0.480 e. The highest BCUT2D eigenvalue weighted by Gasteiger charge is 2.52. The average Bonchev–Trinajstić information content (AvgIpc) is 2.61. The molecule has 2 rings (SSSR count). The Hall–Kier alpha value is -3.29. The number of nitro benzene ring substituents is 1. The molecule has 0 aliphatic carbocycles. The lowest BCUT2D eigenvalue weighted by atomic mass is 9.65. The Kier molecular flexibility index (Phi) is 5.58. The van der Waals surface area contributed by atoms with Gasteiger partial charge in [0.15, 0.2) is 5.41 Å². The van der Waals surface area contributed by atoms with Crippen LogP contribution in [0.25, 0.3) is 0 Å². The lowest BCUT2D eigenvalue weighted by molar-refractivity contribution is -0.386. The van der Waals surface area contributed by atoms with E-state index in [-0.39, 0.29) is 5.56 Å². The van der Waals surface area contributed by atoms with Gasteiger partial charge in [-0.1, -0.05) is 37.3 Å². The second-order valence-electron chi connectivity index (χ2n) is 6.45. The summed E-state index contributed by atoms with van der Waals surface area (Å²) in [6.45, 7) is 2.57. The zero-order valence-electron chi connectivity index (χ0n) is 14.6. The molecule has 8 heteroatoms. The molecule has 0 saturated carbocycles. The van der Waals surface area contributed by atoms with Gasteiger partial charge in [-0.05, 0) is 30.5 Å². The number of nitro groups is 1. The predicted octanol–water partition coefficient (Wildman–Crippen LogP) is 3.80. The van der Waals surface area contributed by atoms with E-state index in [9.17, 15) is 34.3 Å². The van der Waals surface area contributed by atoms with E-state index in [2.05, 4.69) is 0 Å². The molecule has 0 bridgehead atoms. The highest BCUT2D eigenvalue weighted by Crippen LogP contribution is 2.48. The third-order valence-corrected chi connectivity index (χ3v) is 4.85. The highest BCUT2D eigenvalue weighted by molar-refractivity contribution is 5.99. The summed E-state index contributed by atoms with van der Waals surface area (Å²) in [5.41, 5.74) is -2.33. The van der Waals surface area contributed by atoms with E-state index in [1.54, 1.807) is 30.3 Å². The van der Waals surface area contributed by atoms with Gasteiger partial charge < -0.3 is 10.2 Å². The van der Waals surface area contributed by atoms with Crippen molar-refractivity contribution < 1.29 is 29.1 Å². The zero-order chi connectivity index (χ0) is 20.4. The van der Waals surface area contributed by atoms with Crippen LogP contribution < -0.4 is 0 Å². The summed E-state index contributed by atoms with van der Waals surface area (Å²) in [7, 11) is 0. The fourth-order valence-corrected chi connectivity index (χ4v) is 3.38. The van der Waals surface area contributed by atoms with E-state index in [1.165, 1.54) is 13.0 Å². The first-order valence-electron chi connectivity index (χ1n) is 8.06. The maximum absolute atomic E-state index is 13.5. The number of carbonyl (C=O) groups is 2. The van der Waals surface area contributed by atoms with Gasteiger partial charge in [-0.3, -0.25) is 19.7 Å². The molecule has 0 aromatic heterocycles. The Bertz CT molecular complexity index is 869. The molecular formula is C19H18FNO6. The SMILES string of the molecule is CC(c1ccc(F)cc1[N+](=O)[O-])C(c1ccccc1)C(C)(C(=O)O)C(=O)O. The summed E-state index contributed by atoms with van der Waals surface area (Å²) in [4.78, 5) is 34.4. The van der Waals surface area contributed by atoms with Crippen LogP contribution in [0.2, 0.25) is 0 Å². The Morgan fingerprint density at radius 1 is 1.11 bits per heavy atom. The summed E-state index contributed by atoms with van der Waals surface area (Å²) in [5.74, 6) is -5.99. The van der Waals surface area contributed by atoms with Crippen molar-refractivity contribution in [3.8, 4) is 0 Å². The van der Waals surface area contributed by atoms with Gasteiger partial charge in [0, 0.05) is 11.5 Å². The smallest absolute Gasteiger partial charge is 0.321 e. The van der Waals surface area contributed by atoms with Gasteiger partial charge in [0.2, 0.25) is 0 Å². The maximum Gasteiger partial charge on any atom is 0.321 e. The molecule has 0 aliphatic heterocycles. The van der Waals surface area contributed by atoms with Crippen LogP contribution in [0.5, 0.6) is 0 Å². The number of rotatable bonds is 7. The maximum atomic E-state index is 13.5. The molecule has 0 fully saturated rings. The van der Waals surface area contributed by atoms with Gasteiger partial charge >= 0.3 is 11.9 Å². The fourth-order valence-electron chi connectivity index (χ4n) is 3.38. The van der Waals surface area contributed by atoms with Crippen LogP contribution in [0.15, 0.2) is 48.5 Å². The van der Waals surface area contributed by atoms with Gasteiger partial charge in [-0.2, -0.15) is 0 Å². The van der Waals surface area contributed by atoms with Crippen LogP contribution in [0.1, 0.15) is 36.8 Å². The van der Waals surface area contributed by atoms with E-state index in [0.29, 0.717) is 5.56 Å². The topological polar surface area (TPSA) is 118 Å². The van der Waals surface area contributed by atoms with Crippen LogP contribution in [-0.2, 0) is 9.59 Å². The number of carboxylic acid groups (broad SMARTS) is 2. The van der Waals surface area contributed by atoms with Gasteiger partial charge in [0.1, 0.15) is 5.82 Å². The molecule has 2 aromatic carbocycles. The quantitative estimate of drug-likeness (QED) is 0.432. The van der Waals surface area contributed by atoms with E-state index >= 15 is 0 Å². The standard InChI is InChI=1S/C19H18FNO6/c1-11(14-9-8-13(20)10-15(14)21(26)27)16(12-6-4-3-5-7-12)19(2,17(22)23)18(24)25/h3-11,16H,1-2H3,(H,22,23)(H,24,25). The molecule has 2 aromatic rings. The molecule has 142 valence electrons. The van der Waals surface area contributed by atoms with Crippen molar-refractivity contribution in [2.45, 2.75) is 25.7 Å². The Morgan fingerprint density at radius 3 is 2.15 bits per heavy atom. The molecule has 0 spiro atoms. The van der Waals surface area contributed by atoms with Gasteiger partial charge in [-0.25, -0.2) is 4.39 Å². The normalized spacial score (nSPS) is 13.6. The second kappa shape index (κ2) is 7.53. The molecule has 0 aliphatic rings. The molecule has 2 unspecified atom stereocenters. The molecule has 2 N–H and O–H groups in total. The lowest BCUT2D eigenvalue weighted by Gasteiger charge is -2.35. The van der Waals surface area contributed by atoms with Crippen LogP contribution in [0, 0.1) is 21.3 Å². The molecule has 0 heterocycles. The van der Waals surface area contributed by atoms with E-state index in [4.69, 9.17) is 0 Å². The van der Waals surface area contributed by atoms with E-state index < -0.39 is 45.6 Å². The zero-order valence-corrected chi connectivity index (χ0v) is 14.6. The minimum atomic E-state index is -2.26. The molecule has 2 atom stereocenters. The number of carboxylic acids is 2. The Balaban J connectivity index is 2.74. The highest BCUT2D eigenvalue weighted by atomic mass is 19.1. The first kappa shape index (κ1) is 20.0. The van der Waals surface area contributed by atoms with Crippen molar-refractivity contribution in [2.75, 3.05) is 0 Å². The summed E-state index contributed by atoms with van der Waals surface area (Å²) >= 11 is 0. The van der Waals surface area contributed by atoms with Crippen molar-refractivity contribution in [3.63, 3.8) is 0 Å². The molecule has 27 heavy (non-hydrogen) atoms. The monoisotopic (exact) mass is 375 g/mol. The van der Waals surface area contributed by atoms with Crippen molar-refractivity contribution >= 4 is 17.6 Å². The molecule has 0 saturated heterocycles. The number of halogens is 1. The first-order chi connectivity index (χ1) is 12.6. The predicted molar refractivity (Wildman–Crippen MR) is 94.0 cm³/mol. The van der Waals surface area contributed by atoms with Crippen molar-refractivity contribution in [2.24, 2.45) is 5.41 Å². The third kappa shape index (κ3) is 3.64. The molecule has 7 nitrogen and oxygen atoms in total. The van der Waals surface area contributed by atoms with E-state index in [1.807, 2.05) is 0 Å². The largest absolute Gasteiger partial charge is 0.480 e. The van der Waals surface area contributed by atoms with Crippen molar-refractivity contribution in [3.05, 3.63) is 75.6 Å². The number of benzene rings is 2. The summed E-state index contributed by atoms with van der Waals surface area (Å²) in [6, 6.07) is 11.0. The number of aliphatic carboxylic acids is 2. The van der Waals surface area contributed by atoms with Gasteiger partial charge in [0.05, 0.1) is 11.0 Å². The third-order valence-electron chi connectivity index (χ3n) is 4.85. The van der Waals surface area contributed by atoms with Crippen molar-refractivity contribution in [1.29, 1.82) is 0 Å². The molecular weight excluding hydrogens is 357 g/mol. The van der Waals surface area contributed by atoms with E-state index in [0.717, 1.165) is 19.1 Å². The summed E-state index contributed by atoms with van der Waals surface area (Å²) in [5, 5.41) is 30.7. The minimum absolute atomic E-state index is 0.0592. The average molecular weight is 375 g/mol. The number of hydrogen-bond acceptors (Lipinski definition) is 4. The number of nitrogens with zero attached hydrogens (tertiary/aromatic N) is 1. The van der Waals surface area contributed by atoms with Crippen LogP contribution in [-0.4, -0.2) is 27.1 Å².